The summed E-state index contributed by atoms with van der Waals surface area (Å²) in [6.07, 6.45) is 1.95. The van der Waals surface area contributed by atoms with Crippen LogP contribution in [0.1, 0.15) is 23.2 Å². The molecule has 0 heterocycles. The summed E-state index contributed by atoms with van der Waals surface area (Å²) in [5.74, 6) is -1.22. The van der Waals surface area contributed by atoms with E-state index in [-0.39, 0.29) is 22.3 Å². The van der Waals surface area contributed by atoms with E-state index in [2.05, 4.69) is 0 Å². The zero-order chi connectivity index (χ0) is 13.4. The maximum absolute atomic E-state index is 11.2. The average molecular weight is 271 g/mol. The van der Waals surface area contributed by atoms with Gasteiger partial charge in [-0.3, -0.25) is 10.1 Å². The molecule has 1 saturated carbocycles. The number of aromatic carboxylic acids is 1. The molecule has 0 aromatic heterocycles. The zero-order valence-corrected chi connectivity index (χ0v) is 10.3. The SMILES string of the molecule is CN(c1c(Cl)cc([N+](=O)[O-])cc1C(=O)O)C1CC1. The van der Waals surface area contributed by atoms with Crippen LogP contribution in [-0.2, 0) is 0 Å². The van der Waals surface area contributed by atoms with Gasteiger partial charge in [0.15, 0.2) is 0 Å². The molecule has 0 aliphatic heterocycles. The summed E-state index contributed by atoms with van der Waals surface area (Å²) in [4.78, 5) is 23.0. The topological polar surface area (TPSA) is 83.7 Å². The third-order valence-electron chi connectivity index (χ3n) is 2.94. The smallest absolute Gasteiger partial charge is 0.338 e. The number of halogens is 1. The van der Waals surface area contributed by atoms with Gasteiger partial charge >= 0.3 is 5.97 Å². The Hall–Kier alpha value is -1.82. The minimum atomic E-state index is -1.22. The first-order valence-electron chi connectivity index (χ1n) is 5.36. The van der Waals surface area contributed by atoms with Gasteiger partial charge < -0.3 is 10.0 Å². The van der Waals surface area contributed by atoms with Gasteiger partial charge in [0.1, 0.15) is 0 Å². The average Bonchev–Trinajstić information content (AvgIpc) is 3.10. The molecule has 96 valence electrons. The first-order chi connectivity index (χ1) is 8.41. The third-order valence-corrected chi connectivity index (χ3v) is 3.22. The first kappa shape index (κ1) is 12.6. The van der Waals surface area contributed by atoms with Crippen LogP contribution in [0.3, 0.4) is 0 Å². The van der Waals surface area contributed by atoms with Crippen molar-refractivity contribution >= 4 is 28.9 Å². The monoisotopic (exact) mass is 270 g/mol. The van der Waals surface area contributed by atoms with E-state index in [1.807, 2.05) is 0 Å². The molecular formula is C11H11ClN2O4. The standard InChI is InChI=1S/C11H11ClN2O4/c1-13(6-2-3-6)10-8(11(15)16)4-7(14(17)18)5-9(10)12/h4-6H,2-3H2,1H3,(H,15,16). The van der Waals surface area contributed by atoms with Crippen molar-refractivity contribution < 1.29 is 14.8 Å². The molecule has 1 fully saturated rings. The van der Waals surface area contributed by atoms with Crippen LogP contribution in [0.2, 0.25) is 5.02 Å². The van der Waals surface area contributed by atoms with Crippen molar-refractivity contribution in [3.8, 4) is 0 Å². The van der Waals surface area contributed by atoms with Crippen LogP contribution >= 0.6 is 11.6 Å². The highest BCUT2D eigenvalue weighted by Crippen LogP contribution is 2.39. The number of carbonyl (C=O) groups is 1. The number of benzene rings is 1. The van der Waals surface area contributed by atoms with E-state index in [1.54, 1.807) is 11.9 Å². The van der Waals surface area contributed by atoms with Crippen LogP contribution in [0.5, 0.6) is 0 Å². The fraction of sp³-hybridized carbons (Fsp3) is 0.364. The van der Waals surface area contributed by atoms with Crippen LogP contribution in [-0.4, -0.2) is 29.1 Å². The summed E-state index contributed by atoms with van der Waals surface area (Å²) in [6.45, 7) is 0. The number of carboxylic acids is 1. The number of nitrogens with zero attached hydrogens (tertiary/aromatic N) is 2. The highest BCUT2D eigenvalue weighted by molar-refractivity contribution is 6.34. The van der Waals surface area contributed by atoms with Crippen LogP contribution in [0.25, 0.3) is 0 Å². The van der Waals surface area contributed by atoms with Gasteiger partial charge in [0.2, 0.25) is 0 Å². The maximum atomic E-state index is 11.2. The molecule has 0 saturated heterocycles. The molecular weight excluding hydrogens is 260 g/mol. The van der Waals surface area contributed by atoms with Crippen LogP contribution in [0.4, 0.5) is 11.4 Å². The molecule has 6 nitrogen and oxygen atoms in total. The molecule has 1 aromatic rings. The molecule has 1 N–H and O–H groups in total. The van der Waals surface area contributed by atoms with Gasteiger partial charge in [0.05, 0.1) is 21.2 Å². The predicted molar refractivity (Wildman–Crippen MR) is 66.5 cm³/mol. The molecule has 0 radical (unpaired) electrons. The highest BCUT2D eigenvalue weighted by Gasteiger charge is 2.31. The van der Waals surface area contributed by atoms with Gasteiger partial charge in [-0.05, 0) is 12.8 Å². The third kappa shape index (κ3) is 2.24. The lowest BCUT2D eigenvalue weighted by Crippen LogP contribution is -2.22. The number of carboxylic acid groups (broad SMARTS) is 1. The van der Waals surface area contributed by atoms with Crippen LogP contribution in [0, 0.1) is 10.1 Å². The summed E-state index contributed by atoms with van der Waals surface area (Å²) >= 11 is 5.98. The van der Waals surface area contributed by atoms with Gasteiger partial charge in [-0.25, -0.2) is 4.79 Å². The van der Waals surface area contributed by atoms with Crippen LogP contribution in [0.15, 0.2) is 12.1 Å². The summed E-state index contributed by atoms with van der Waals surface area (Å²) in [5, 5.41) is 19.9. The second kappa shape index (κ2) is 4.45. The van der Waals surface area contributed by atoms with Crippen molar-refractivity contribution in [3.63, 3.8) is 0 Å². The van der Waals surface area contributed by atoms with Crippen molar-refractivity contribution in [3.05, 3.63) is 32.8 Å². The minimum absolute atomic E-state index is 0.0935. The van der Waals surface area contributed by atoms with Gasteiger partial charge in [-0.1, -0.05) is 11.6 Å². The number of anilines is 1. The Morgan fingerprint density at radius 1 is 1.56 bits per heavy atom. The Kier molecular flexibility index (Phi) is 3.13. The molecule has 18 heavy (non-hydrogen) atoms. The van der Waals surface area contributed by atoms with E-state index in [9.17, 15) is 14.9 Å². The molecule has 0 unspecified atom stereocenters. The molecule has 0 amide bonds. The van der Waals surface area contributed by atoms with Crippen molar-refractivity contribution in [2.75, 3.05) is 11.9 Å². The molecule has 1 aliphatic carbocycles. The van der Waals surface area contributed by atoms with Crippen LogP contribution < -0.4 is 4.90 Å². The Balaban J connectivity index is 2.56. The molecule has 0 atom stereocenters. The van der Waals surface area contributed by atoms with Crippen molar-refractivity contribution in [1.29, 1.82) is 0 Å². The quantitative estimate of drug-likeness (QED) is 0.671. The largest absolute Gasteiger partial charge is 0.478 e. The first-order valence-corrected chi connectivity index (χ1v) is 5.73. The Morgan fingerprint density at radius 3 is 2.61 bits per heavy atom. The van der Waals surface area contributed by atoms with Crippen molar-refractivity contribution in [2.45, 2.75) is 18.9 Å². The number of hydrogen-bond acceptors (Lipinski definition) is 4. The van der Waals surface area contributed by atoms with E-state index in [0.717, 1.165) is 18.9 Å². The number of non-ortho nitro benzene ring substituents is 1. The van der Waals surface area contributed by atoms with E-state index >= 15 is 0 Å². The van der Waals surface area contributed by atoms with Gasteiger partial charge in [0, 0.05) is 25.2 Å². The fourth-order valence-corrected chi connectivity index (χ4v) is 2.20. The number of nitro groups is 1. The normalized spacial score (nSPS) is 14.3. The van der Waals surface area contributed by atoms with Gasteiger partial charge in [-0.2, -0.15) is 0 Å². The summed E-state index contributed by atoms with van der Waals surface area (Å²) < 4.78 is 0. The predicted octanol–water partition coefficient (Wildman–Crippen LogP) is 2.55. The Bertz CT molecular complexity index is 528. The van der Waals surface area contributed by atoms with E-state index in [0.29, 0.717) is 5.69 Å². The Labute approximate surface area is 108 Å². The highest BCUT2D eigenvalue weighted by atomic mass is 35.5. The summed E-state index contributed by atoms with van der Waals surface area (Å²) in [6, 6.07) is 2.49. The number of nitro benzene ring substituents is 1. The van der Waals surface area contributed by atoms with Gasteiger partial charge in [0.25, 0.3) is 5.69 Å². The summed E-state index contributed by atoms with van der Waals surface area (Å²) in [7, 11) is 1.75. The second-order valence-corrected chi connectivity index (χ2v) is 4.64. The molecule has 0 spiro atoms. The molecule has 1 aromatic carbocycles. The summed E-state index contributed by atoms with van der Waals surface area (Å²) in [5.41, 5.74) is -0.105. The molecule has 2 rings (SSSR count). The number of hydrogen-bond donors (Lipinski definition) is 1. The lowest BCUT2D eigenvalue weighted by molar-refractivity contribution is -0.384. The fourth-order valence-electron chi connectivity index (χ4n) is 1.86. The maximum Gasteiger partial charge on any atom is 0.338 e. The second-order valence-electron chi connectivity index (χ2n) is 4.23. The van der Waals surface area contributed by atoms with Gasteiger partial charge in [-0.15, -0.1) is 0 Å². The van der Waals surface area contributed by atoms with Crippen molar-refractivity contribution in [2.24, 2.45) is 0 Å². The van der Waals surface area contributed by atoms with Crippen molar-refractivity contribution in [1.82, 2.24) is 0 Å². The lowest BCUT2D eigenvalue weighted by Gasteiger charge is -2.21. The Morgan fingerprint density at radius 2 is 2.17 bits per heavy atom. The molecule has 1 aliphatic rings. The zero-order valence-electron chi connectivity index (χ0n) is 9.59. The van der Waals surface area contributed by atoms with E-state index < -0.39 is 10.9 Å². The van der Waals surface area contributed by atoms with E-state index in [4.69, 9.17) is 16.7 Å². The molecule has 0 bridgehead atoms. The van der Waals surface area contributed by atoms with E-state index in [1.165, 1.54) is 6.07 Å². The number of rotatable bonds is 4. The lowest BCUT2D eigenvalue weighted by atomic mass is 10.1. The molecule has 7 heteroatoms. The minimum Gasteiger partial charge on any atom is -0.478 e.